The molecule has 0 saturated carbocycles. The van der Waals surface area contributed by atoms with E-state index in [2.05, 4.69) is 0 Å². The van der Waals surface area contributed by atoms with Gasteiger partial charge in [0, 0.05) is 5.02 Å². The number of nitrogens with zero attached hydrogens (tertiary/aromatic N) is 1. The van der Waals surface area contributed by atoms with Gasteiger partial charge in [0.1, 0.15) is 0 Å². The second-order valence-electron chi connectivity index (χ2n) is 2.44. The molecule has 3 nitrogen and oxygen atoms in total. The first-order chi connectivity index (χ1) is 6.48. The van der Waals surface area contributed by atoms with Gasteiger partial charge in [-0.25, -0.2) is 8.42 Å². The highest BCUT2D eigenvalue weighted by atomic mass is 35.5. The monoisotopic (exact) mass is 249 g/mol. The van der Waals surface area contributed by atoms with Gasteiger partial charge in [-0.05, 0) is 24.3 Å². The summed E-state index contributed by atoms with van der Waals surface area (Å²) in [6.07, 6.45) is 0. The Kier molecular flexibility index (Phi) is 3.38. The summed E-state index contributed by atoms with van der Waals surface area (Å²) in [7, 11) is -3.76. The van der Waals surface area contributed by atoms with Crippen molar-refractivity contribution in [2.24, 2.45) is 0 Å². The topological polar surface area (TPSA) is 57.9 Å². The highest BCUT2D eigenvalue weighted by molar-refractivity contribution is 7.93. The van der Waals surface area contributed by atoms with Gasteiger partial charge in [0.05, 0.1) is 11.0 Å². The molecule has 1 aromatic carbocycles. The van der Waals surface area contributed by atoms with Gasteiger partial charge in [-0.3, -0.25) is 0 Å². The Hall–Kier alpha value is -0.760. The van der Waals surface area contributed by atoms with Gasteiger partial charge in [0.15, 0.2) is 0 Å². The van der Waals surface area contributed by atoms with E-state index in [1.807, 2.05) is 0 Å². The van der Waals surface area contributed by atoms with E-state index in [4.69, 9.17) is 28.5 Å². The zero-order chi connectivity index (χ0) is 10.8. The Balaban J connectivity index is 3.19. The van der Waals surface area contributed by atoms with Gasteiger partial charge in [-0.2, -0.15) is 5.26 Å². The molecule has 1 aromatic rings. The Morgan fingerprint density at radius 1 is 1.29 bits per heavy atom. The minimum Gasteiger partial charge on any atom is -0.221 e. The van der Waals surface area contributed by atoms with Gasteiger partial charge in [0.2, 0.25) is 14.5 Å². The first kappa shape index (κ1) is 11.3. The van der Waals surface area contributed by atoms with Crippen LogP contribution in [-0.2, 0) is 9.84 Å². The lowest BCUT2D eigenvalue weighted by Crippen LogP contribution is -2.13. The molecule has 1 rings (SSSR count). The SMILES string of the molecule is N#CC(Cl)S(=O)(=O)c1ccc(Cl)cc1. The summed E-state index contributed by atoms with van der Waals surface area (Å²) < 4.78 is 21.4. The lowest BCUT2D eigenvalue weighted by molar-refractivity contribution is 0.597. The van der Waals surface area contributed by atoms with Crippen molar-refractivity contribution < 1.29 is 8.42 Å². The van der Waals surface area contributed by atoms with Crippen LogP contribution in [0.3, 0.4) is 0 Å². The summed E-state index contributed by atoms with van der Waals surface area (Å²) in [5.74, 6) is 0. The predicted octanol–water partition coefficient (Wildman–Crippen LogP) is 2.20. The van der Waals surface area contributed by atoms with Gasteiger partial charge >= 0.3 is 0 Å². The van der Waals surface area contributed by atoms with Gasteiger partial charge in [0.25, 0.3) is 0 Å². The molecule has 0 fully saturated rings. The maximum Gasteiger partial charge on any atom is 0.225 e. The Morgan fingerprint density at radius 3 is 2.21 bits per heavy atom. The van der Waals surface area contributed by atoms with Gasteiger partial charge < -0.3 is 0 Å². The van der Waals surface area contributed by atoms with Crippen LogP contribution in [0.2, 0.25) is 5.02 Å². The number of halogens is 2. The zero-order valence-electron chi connectivity index (χ0n) is 6.81. The summed E-state index contributed by atoms with van der Waals surface area (Å²) in [6, 6.07) is 6.93. The first-order valence-corrected chi connectivity index (χ1v) is 5.87. The lowest BCUT2D eigenvalue weighted by atomic mass is 10.4. The molecule has 0 aliphatic rings. The van der Waals surface area contributed by atoms with E-state index in [9.17, 15) is 8.42 Å². The fourth-order valence-corrected chi connectivity index (χ4v) is 2.14. The van der Waals surface area contributed by atoms with E-state index < -0.39 is 14.5 Å². The standard InChI is InChI=1S/C8H5Cl2NO2S/c9-6-1-3-7(4-2-6)14(12,13)8(10)5-11/h1-4,8H. The van der Waals surface area contributed by atoms with Gasteiger partial charge in [-0.1, -0.05) is 23.2 Å². The fraction of sp³-hybridized carbons (Fsp3) is 0.125. The van der Waals surface area contributed by atoms with E-state index in [1.165, 1.54) is 30.3 Å². The smallest absolute Gasteiger partial charge is 0.221 e. The molecule has 14 heavy (non-hydrogen) atoms. The van der Waals surface area contributed by atoms with E-state index >= 15 is 0 Å². The summed E-state index contributed by atoms with van der Waals surface area (Å²) in [5, 5.41) is 8.82. The molecule has 0 N–H and O–H groups in total. The Labute approximate surface area is 91.8 Å². The molecule has 0 aliphatic carbocycles. The molecule has 0 saturated heterocycles. The average molecular weight is 250 g/mol. The van der Waals surface area contributed by atoms with E-state index in [-0.39, 0.29) is 4.90 Å². The molecular weight excluding hydrogens is 245 g/mol. The van der Waals surface area contributed by atoms with Gasteiger partial charge in [-0.15, -0.1) is 0 Å². The van der Waals surface area contributed by atoms with Crippen LogP contribution in [0.4, 0.5) is 0 Å². The van der Waals surface area contributed by atoms with Crippen molar-refractivity contribution in [1.82, 2.24) is 0 Å². The van der Waals surface area contributed by atoms with Crippen LogP contribution in [0, 0.1) is 11.3 Å². The molecule has 0 aliphatic heterocycles. The van der Waals surface area contributed by atoms with Crippen molar-refractivity contribution in [2.45, 2.75) is 9.60 Å². The van der Waals surface area contributed by atoms with E-state index in [0.29, 0.717) is 5.02 Å². The summed E-state index contributed by atoms with van der Waals surface area (Å²) in [5.41, 5.74) is 0. The average Bonchev–Trinajstić information content (AvgIpc) is 2.17. The van der Waals surface area contributed by atoms with Crippen LogP contribution in [-0.4, -0.2) is 13.1 Å². The molecule has 6 heteroatoms. The van der Waals surface area contributed by atoms with Crippen molar-refractivity contribution in [2.75, 3.05) is 0 Å². The van der Waals surface area contributed by atoms with Crippen LogP contribution in [0.5, 0.6) is 0 Å². The maximum absolute atomic E-state index is 11.5. The molecule has 0 radical (unpaired) electrons. The third kappa shape index (κ3) is 2.18. The lowest BCUT2D eigenvalue weighted by Gasteiger charge is -2.03. The molecule has 74 valence electrons. The van der Waals surface area contributed by atoms with Crippen molar-refractivity contribution in [1.29, 1.82) is 5.26 Å². The third-order valence-electron chi connectivity index (χ3n) is 1.52. The number of sulfone groups is 1. The molecule has 0 heterocycles. The zero-order valence-corrected chi connectivity index (χ0v) is 9.14. The minimum atomic E-state index is -3.76. The quantitative estimate of drug-likeness (QED) is 0.756. The molecule has 0 spiro atoms. The van der Waals surface area contributed by atoms with Crippen molar-refractivity contribution in [3.8, 4) is 6.07 Å². The van der Waals surface area contributed by atoms with Crippen molar-refractivity contribution in [3.05, 3.63) is 29.3 Å². The maximum atomic E-state index is 11.5. The second kappa shape index (κ2) is 4.18. The van der Waals surface area contributed by atoms with E-state index in [1.54, 1.807) is 0 Å². The minimum absolute atomic E-state index is 0.0107. The predicted molar refractivity (Wildman–Crippen MR) is 53.9 cm³/mol. The normalized spacial score (nSPS) is 13.2. The Bertz CT molecular complexity index is 461. The first-order valence-electron chi connectivity index (χ1n) is 3.51. The van der Waals surface area contributed by atoms with Crippen molar-refractivity contribution in [3.63, 3.8) is 0 Å². The number of benzene rings is 1. The second-order valence-corrected chi connectivity index (χ2v) is 5.61. The number of rotatable bonds is 2. The van der Waals surface area contributed by atoms with Crippen LogP contribution in [0.15, 0.2) is 29.2 Å². The largest absolute Gasteiger partial charge is 0.225 e. The molecule has 0 amide bonds. The number of alkyl halides is 1. The molecule has 0 aromatic heterocycles. The molecule has 1 atom stereocenters. The molecule has 1 unspecified atom stereocenters. The van der Waals surface area contributed by atoms with E-state index in [0.717, 1.165) is 0 Å². The molecule has 0 bridgehead atoms. The van der Waals surface area contributed by atoms with Crippen LogP contribution in [0.1, 0.15) is 0 Å². The summed E-state index contributed by atoms with van der Waals surface area (Å²) in [6.45, 7) is 0. The highest BCUT2D eigenvalue weighted by Crippen LogP contribution is 2.20. The van der Waals surface area contributed by atoms with Crippen LogP contribution in [0.25, 0.3) is 0 Å². The fourth-order valence-electron chi connectivity index (χ4n) is 0.813. The highest BCUT2D eigenvalue weighted by Gasteiger charge is 2.24. The number of nitriles is 1. The Morgan fingerprint density at radius 2 is 1.79 bits per heavy atom. The molecular formula is C8H5Cl2NO2S. The van der Waals surface area contributed by atoms with Crippen LogP contribution < -0.4 is 0 Å². The summed E-state index contributed by atoms with van der Waals surface area (Å²) >= 11 is 10.9. The number of hydrogen-bond acceptors (Lipinski definition) is 3. The summed E-state index contributed by atoms with van der Waals surface area (Å²) in [4.78, 5) is -0.0107. The van der Waals surface area contributed by atoms with Crippen molar-refractivity contribution >= 4 is 33.0 Å². The number of hydrogen-bond donors (Lipinski definition) is 0. The van der Waals surface area contributed by atoms with Crippen LogP contribution >= 0.6 is 23.2 Å². The third-order valence-corrected chi connectivity index (χ3v) is 4.15.